The van der Waals surface area contributed by atoms with E-state index in [1.165, 1.54) is 12.8 Å². The molecule has 2 fully saturated rings. The number of ether oxygens (including phenoxy) is 1. The van der Waals surface area contributed by atoms with Gasteiger partial charge in [-0.1, -0.05) is 6.92 Å². The van der Waals surface area contributed by atoms with Crippen molar-refractivity contribution in [1.29, 1.82) is 0 Å². The van der Waals surface area contributed by atoms with Crippen LogP contribution >= 0.6 is 0 Å². The highest BCUT2D eigenvalue weighted by atomic mass is 16.6. The number of amides is 1. The van der Waals surface area contributed by atoms with Gasteiger partial charge in [0.05, 0.1) is 0 Å². The van der Waals surface area contributed by atoms with Crippen molar-refractivity contribution in [3.05, 3.63) is 0 Å². The van der Waals surface area contributed by atoms with Crippen molar-refractivity contribution in [3.63, 3.8) is 0 Å². The standard InChI is InChI=1S/C14H25NO2/c1-11-9-14(10-11)5-7-15(8-6-14)12(16)17-13(2,3)4/h11H,5-10H2,1-4H3. The molecule has 3 heteroatoms. The molecule has 1 saturated heterocycles. The number of nitrogens with zero attached hydrogens (tertiary/aromatic N) is 1. The molecule has 3 nitrogen and oxygen atoms in total. The molecule has 1 spiro atoms. The van der Waals surface area contributed by atoms with E-state index in [2.05, 4.69) is 6.92 Å². The van der Waals surface area contributed by atoms with E-state index in [9.17, 15) is 4.79 Å². The molecule has 98 valence electrons. The van der Waals surface area contributed by atoms with Gasteiger partial charge in [0.15, 0.2) is 0 Å². The van der Waals surface area contributed by atoms with Crippen LogP contribution in [0.15, 0.2) is 0 Å². The molecule has 0 N–H and O–H groups in total. The van der Waals surface area contributed by atoms with Crippen LogP contribution in [0.1, 0.15) is 53.4 Å². The summed E-state index contributed by atoms with van der Waals surface area (Å²) in [5.74, 6) is 0.892. The normalized spacial score (nSPS) is 24.6. The van der Waals surface area contributed by atoms with Crippen molar-refractivity contribution in [2.24, 2.45) is 11.3 Å². The van der Waals surface area contributed by atoms with Gasteiger partial charge in [-0.15, -0.1) is 0 Å². The first-order valence-corrected chi connectivity index (χ1v) is 6.78. The predicted molar refractivity (Wildman–Crippen MR) is 67.9 cm³/mol. The van der Waals surface area contributed by atoms with Gasteiger partial charge in [0, 0.05) is 13.1 Å². The molecule has 0 atom stereocenters. The van der Waals surface area contributed by atoms with Crippen molar-refractivity contribution in [1.82, 2.24) is 4.90 Å². The van der Waals surface area contributed by atoms with Crippen LogP contribution in [0.2, 0.25) is 0 Å². The molecule has 1 aliphatic carbocycles. The Balaban J connectivity index is 1.81. The average Bonchev–Trinajstić information content (AvgIpc) is 2.14. The smallest absolute Gasteiger partial charge is 0.410 e. The predicted octanol–water partition coefficient (Wildman–Crippen LogP) is 3.43. The molecular formula is C14H25NO2. The third-order valence-corrected chi connectivity index (χ3v) is 4.04. The van der Waals surface area contributed by atoms with Gasteiger partial charge in [0.25, 0.3) is 0 Å². The Morgan fingerprint density at radius 3 is 2.18 bits per heavy atom. The molecular weight excluding hydrogens is 214 g/mol. The van der Waals surface area contributed by atoms with Crippen molar-refractivity contribution in [2.75, 3.05) is 13.1 Å². The summed E-state index contributed by atoms with van der Waals surface area (Å²) in [6.07, 6.45) is 4.90. The fourth-order valence-corrected chi connectivity index (χ4v) is 3.32. The third-order valence-electron chi connectivity index (χ3n) is 4.04. The van der Waals surface area contributed by atoms with E-state index < -0.39 is 0 Å². The van der Waals surface area contributed by atoms with Crippen LogP contribution in [0.25, 0.3) is 0 Å². The van der Waals surface area contributed by atoms with Crippen molar-refractivity contribution < 1.29 is 9.53 Å². The molecule has 2 rings (SSSR count). The monoisotopic (exact) mass is 239 g/mol. The van der Waals surface area contributed by atoms with Gasteiger partial charge >= 0.3 is 6.09 Å². The average molecular weight is 239 g/mol. The molecule has 17 heavy (non-hydrogen) atoms. The highest BCUT2D eigenvalue weighted by molar-refractivity contribution is 5.68. The number of carbonyl (C=O) groups excluding carboxylic acids is 1. The van der Waals surface area contributed by atoms with Crippen LogP contribution in [0.4, 0.5) is 4.79 Å². The van der Waals surface area contributed by atoms with Crippen molar-refractivity contribution in [2.45, 2.75) is 59.0 Å². The molecule has 1 amide bonds. The second kappa shape index (κ2) is 4.18. The Bertz CT molecular complexity index is 290. The lowest BCUT2D eigenvalue weighted by molar-refractivity contribution is -0.0228. The number of hydrogen-bond acceptors (Lipinski definition) is 2. The zero-order chi connectivity index (χ0) is 12.7. The largest absolute Gasteiger partial charge is 0.444 e. The number of carbonyl (C=O) groups is 1. The maximum atomic E-state index is 11.9. The van der Waals surface area contributed by atoms with Crippen LogP contribution in [0, 0.1) is 11.3 Å². The molecule has 0 radical (unpaired) electrons. The molecule has 1 saturated carbocycles. The Kier molecular flexibility index (Phi) is 3.13. The second-order valence-electron chi connectivity index (χ2n) is 6.98. The topological polar surface area (TPSA) is 29.5 Å². The maximum absolute atomic E-state index is 11.9. The quantitative estimate of drug-likeness (QED) is 0.648. The minimum absolute atomic E-state index is 0.139. The number of likely N-dealkylation sites (tertiary alicyclic amines) is 1. The molecule has 1 aliphatic heterocycles. The maximum Gasteiger partial charge on any atom is 0.410 e. The van der Waals surface area contributed by atoms with E-state index in [0.29, 0.717) is 5.41 Å². The summed E-state index contributed by atoms with van der Waals surface area (Å²) in [6, 6.07) is 0. The second-order valence-corrected chi connectivity index (χ2v) is 6.98. The molecule has 1 heterocycles. The van der Waals surface area contributed by atoms with E-state index in [1.807, 2.05) is 25.7 Å². The third kappa shape index (κ3) is 2.93. The van der Waals surface area contributed by atoms with Crippen LogP contribution in [0.3, 0.4) is 0 Å². The number of hydrogen-bond donors (Lipinski definition) is 0. The number of piperidine rings is 1. The molecule has 0 aromatic carbocycles. The van der Waals surface area contributed by atoms with E-state index in [0.717, 1.165) is 31.8 Å². The van der Waals surface area contributed by atoms with Crippen molar-refractivity contribution >= 4 is 6.09 Å². The van der Waals surface area contributed by atoms with E-state index in [1.54, 1.807) is 0 Å². The highest BCUT2D eigenvalue weighted by Gasteiger charge is 2.44. The lowest BCUT2D eigenvalue weighted by Crippen LogP contribution is -2.49. The van der Waals surface area contributed by atoms with Gasteiger partial charge in [-0.2, -0.15) is 0 Å². The van der Waals surface area contributed by atoms with E-state index >= 15 is 0 Å². The fraction of sp³-hybridized carbons (Fsp3) is 0.929. The van der Waals surface area contributed by atoms with Gasteiger partial charge in [-0.3, -0.25) is 0 Å². The summed E-state index contributed by atoms with van der Waals surface area (Å²) in [4.78, 5) is 13.8. The van der Waals surface area contributed by atoms with Crippen LogP contribution in [-0.4, -0.2) is 29.7 Å². The van der Waals surface area contributed by atoms with Crippen LogP contribution < -0.4 is 0 Å². The Hall–Kier alpha value is -0.730. The first-order chi connectivity index (χ1) is 7.80. The molecule has 0 aromatic rings. The summed E-state index contributed by atoms with van der Waals surface area (Å²) < 4.78 is 5.41. The Labute approximate surface area is 105 Å². The van der Waals surface area contributed by atoms with Gasteiger partial charge in [0.1, 0.15) is 5.60 Å². The van der Waals surface area contributed by atoms with E-state index in [4.69, 9.17) is 4.74 Å². The molecule has 0 bridgehead atoms. The SMILES string of the molecule is CC1CC2(CCN(C(=O)OC(C)(C)C)CC2)C1. The summed E-state index contributed by atoms with van der Waals surface area (Å²) in [5, 5.41) is 0. The minimum Gasteiger partial charge on any atom is -0.444 e. The van der Waals surface area contributed by atoms with Crippen LogP contribution in [0.5, 0.6) is 0 Å². The Morgan fingerprint density at radius 2 is 1.76 bits per heavy atom. The molecule has 0 aromatic heterocycles. The van der Waals surface area contributed by atoms with Crippen molar-refractivity contribution in [3.8, 4) is 0 Å². The zero-order valence-corrected chi connectivity index (χ0v) is 11.6. The summed E-state index contributed by atoms with van der Waals surface area (Å²) in [6.45, 7) is 9.84. The van der Waals surface area contributed by atoms with E-state index in [-0.39, 0.29) is 11.7 Å². The summed E-state index contributed by atoms with van der Waals surface area (Å²) >= 11 is 0. The van der Waals surface area contributed by atoms with Gasteiger partial charge < -0.3 is 9.64 Å². The molecule has 0 unspecified atom stereocenters. The Morgan fingerprint density at radius 1 is 1.24 bits per heavy atom. The lowest BCUT2D eigenvalue weighted by Gasteiger charge is -2.51. The van der Waals surface area contributed by atoms with Crippen LogP contribution in [-0.2, 0) is 4.74 Å². The van der Waals surface area contributed by atoms with Gasteiger partial charge in [-0.05, 0) is 57.8 Å². The first kappa shape index (κ1) is 12.7. The lowest BCUT2D eigenvalue weighted by atomic mass is 9.58. The number of rotatable bonds is 0. The van der Waals surface area contributed by atoms with Gasteiger partial charge in [-0.25, -0.2) is 4.79 Å². The highest BCUT2D eigenvalue weighted by Crippen LogP contribution is 2.52. The minimum atomic E-state index is -0.378. The summed E-state index contributed by atoms with van der Waals surface area (Å²) in [7, 11) is 0. The summed E-state index contributed by atoms with van der Waals surface area (Å²) in [5.41, 5.74) is 0.190. The first-order valence-electron chi connectivity index (χ1n) is 6.78. The fourth-order valence-electron chi connectivity index (χ4n) is 3.32. The zero-order valence-electron chi connectivity index (χ0n) is 11.6. The van der Waals surface area contributed by atoms with Gasteiger partial charge in [0.2, 0.25) is 0 Å². The molecule has 2 aliphatic rings.